The molecule has 0 aliphatic carbocycles. The van der Waals surface area contributed by atoms with Crippen LogP contribution in [0.3, 0.4) is 0 Å². The second-order valence-corrected chi connectivity index (χ2v) is 9.93. The summed E-state index contributed by atoms with van der Waals surface area (Å²) in [6, 6.07) is 19.8. The molecule has 4 rings (SSSR count). The molecule has 160 valence electrons. The highest BCUT2D eigenvalue weighted by atomic mass is 79.9. The number of amides is 1. The number of ether oxygens (including phenoxy) is 1. The van der Waals surface area contributed by atoms with Gasteiger partial charge in [-0.25, -0.2) is 8.42 Å². The van der Waals surface area contributed by atoms with Crippen molar-refractivity contribution in [2.24, 2.45) is 0 Å². The zero-order valence-corrected chi connectivity index (χ0v) is 19.2. The number of anilines is 1. The molecule has 3 aromatic carbocycles. The van der Waals surface area contributed by atoms with Crippen LogP contribution in [-0.4, -0.2) is 34.0 Å². The molecule has 8 heteroatoms. The van der Waals surface area contributed by atoms with Crippen molar-refractivity contribution in [2.45, 2.75) is 11.8 Å². The third kappa shape index (κ3) is 4.45. The molecule has 1 heterocycles. The summed E-state index contributed by atoms with van der Waals surface area (Å²) in [7, 11) is -3.86. The van der Waals surface area contributed by atoms with Gasteiger partial charge in [0.2, 0.25) is 5.91 Å². The summed E-state index contributed by atoms with van der Waals surface area (Å²) in [5, 5.41) is 2.74. The average molecular weight is 501 g/mol. The molecule has 6 nitrogen and oxygen atoms in total. The van der Waals surface area contributed by atoms with Gasteiger partial charge in [0.05, 0.1) is 17.1 Å². The highest BCUT2D eigenvalue weighted by Gasteiger charge is 2.35. The largest absolute Gasteiger partial charge is 0.492 e. The molecule has 1 N–H and O–H groups in total. The van der Waals surface area contributed by atoms with Gasteiger partial charge in [0.15, 0.2) is 0 Å². The average Bonchev–Trinajstić information content (AvgIpc) is 2.74. The lowest BCUT2D eigenvalue weighted by Gasteiger charge is -2.31. The summed E-state index contributed by atoms with van der Waals surface area (Å²) >= 11 is 3.45. The Kier molecular flexibility index (Phi) is 6.02. The number of hydrogen-bond donors (Lipinski definition) is 1. The number of aryl methyl sites for hydroxylation is 1. The van der Waals surface area contributed by atoms with Crippen molar-refractivity contribution in [3.63, 3.8) is 0 Å². The molecule has 1 amide bonds. The summed E-state index contributed by atoms with van der Waals surface area (Å²) in [4.78, 5) is 12.8. The van der Waals surface area contributed by atoms with Crippen LogP contribution in [0.25, 0.3) is 11.1 Å². The van der Waals surface area contributed by atoms with Gasteiger partial charge in [-0.15, -0.1) is 0 Å². The third-order valence-electron chi connectivity index (χ3n) is 4.94. The predicted octanol–water partition coefficient (Wildman–Crippen LogP) is 4.13. The zero-order chi connectivity index (χ0) is 22.0. The summed E-state index contributed by atoms with van der Waals surface area (Å²) in [6.07, 6.45) is 0. The molecule has 0 bridgehead atoms. The number of rotatable bonds is 6. The van der Waals surface area contributed by atoms with E-state index in [4.69, 9.17) is 4.74 Å². The number of carbonyl (C=O) groups excluding carboxylic acids is 1. The quantitative estimate of drug-likeness (QED) is 0.516. The van der Waals surface area contributed by atoms with Crippen LogP contribution in [0.5, 0.6) is 5.75 Å². The van der Waals surface area contributed by atoms with Crippen molar-refractivity contribution in [1.29, 1.82) is 0 Å². The fraction of sp³-hybridized carbons (Fsp3) is 0.174. The number of benzene rings is 3. The van der Waals surface area contributed by atoms with Crippen LogP contribution < -0.4 is 14.4 Å². The molecule has 0 unspecified atom stereocenters. The highest BCUT2D eigenvalue weighted by Crippen LogP contribution is 2.43. The van der Waals surface area contributed by atoms with Crippen molar-refractivity contribution in [3.05, 3.63) is 76.8 Å². The SMILES string of the molecule is Cc1cccc(OCCNC(=O)CN2c3ccc(Br)cc3-c3ccccc3S2(=O)=O)c1. The molecule has 0 atom stereocenters. The van der Waals surface area contributed by atoms with Gasteiger partial charge in [-0.3, -0.25) is 9.10 Å². The van der Waals surface area contributed by atoms with E-state index < -0.39 is 15.9 Å². The van der Waals surface area contributed by atoms with Crippen LogP contribution in [0, 0.1) is 6.92 Å². The normalized spacial score (nSPS) is 13.8. The fourth-order valence-corrected chi connectivity index (χ4v) is 5.54. The van der Waals surface area contributed by atoms with Gasteiger partial charge in [0.1, 0.15) is 18.9 Å². The van der Waals surface area contributed by atoms with E-state index in [1.165, 1.54) is 0 Å². The Morgan fingerprint density at radius 1 is 1.03 bits per heavy atom. The number of halogens is 1. The fourth-order valence-electron chi connectivity index (χ4n) is 3.52. The predicted molar refractivity (Wildman–Crippen MR) is 124 cm³/mol. The first-order chi connectivity index (χ1) is 14.9. The van der Waals surface area contributed by atoms with Crippen molar-refractivity contribution in [1.82, 2.24) is 5.32 Å². The van der Waals surface area contributed by atoms with Gasteiger partial charge in [-0.2, -0.15) is 0 Å². The molecule has 1 aliphatic rings. The summed E-state index contributed by atoms with van der Waals surface area (Å²) in [5.41, 5.74) is 2.95. The Bertz CT molecular complexity index is 1240. The standard InChI is InChI=1S/C23H21BrN2O4S/c1-16-5-4-6-18(13-16)30-12-11-25-23(27)15-26-21-10-9-17(24)14-20(21)19-7-2-3-8-22(19)31(26,28)29/h2-10,13-14H,11-12,15H2,1H3,(H,25,27). The van der Waals surface area contributed by atoms with Crippen LogP contribution in [0.15, 0.2) is 76.1 Å². The maximum Gasteiger partial charge on any atom is 0.265 e. The zero-order valence-electron chi connectivity index (χ0n) is 16.8. The van der Waals surface area contributed by atoms with E-state index in [2.05, 4.69) is 21.2 Å². The second-order valence-electron chi connectivity index (χ2n) is 7.18. The number of nitrogens with one attached hydrogen (secondary N) is 1. The lowest BCUT2D eigenvalue weighted by Crippen LogP contribution is -2.43. The number of nitrogens with zero attached hydrogens (tertiary/aromatic N) is 1. The maximum absolute atomic E-state index is 13.2. The first-order valence-corrected chi connectivity index (χ1v) is 12.0. The van der Waals surface area contributed by atoms with E-state index in [1.54, 1.807) is 36.4 Å². The van der Waals surface area contributed by atoms with Crippen molar-refractivity contribution in [3.8, 4) is 16.9 Å². The van der Waals surface area contributed by atoms with Crippen LogP contribution in [0.1, 0.15) is 5.56 Å². The molecular weight excluding hydrogens is 480 g/mol. The Morgan fingerprint density at radius 2 is 1.84 bits per heavy atom. The summed E-state index contributed by atoms with van der Waals surface area (Å²) in [6.45, 7) is 2.22. The van der Waals surface area contributed by atoms with Crippen LogP contribution in [0.2, 0.25) is 0 Å². The van der Waals surface area contributed by atoms with Crippen LogP contribution in [0.4, 0.5) is 5.69 Å². The first-order valence-electron chi connectivity index (χ1n) is 9.74. The number of fused-ring (bicyclic) bond motifs is 3. The van der Waals surface area contributed by atoms with Gasteiger partial charge in [-0.05, 0) is 48.9 Å². The molecule has 0 saturated heterocycles. The van der Waals surface area contributed by atoms with E-state index >= 15 is 0 Å². The minimum atomic E-state index is -3.86. The van der Waals surface area contributed by atoms with Gasteiger partial charge in [-0.1, -0.05) is 46.3 Å². The van der Waals surface area contributed by atoms with Crippen LogP contribution in [-0.2, 0) is 14.8 Å². The Hall–Kier alpha value is -2.84. The topological polar surface area (TPSA) is 75.7 Å². The maximum atomic E-state index is 13.2. The summed E-state index contributed by atoms with van der Waals surface area (Å²) in [5.74, 6) is 0.327. The van der Waals surface area contributed by atoms with E-state index in [0.29, 0.717) is 11.3 Å². The smallest absolute Gasteiger partial charge is 0.265 e. The Balaban J connectivity index is 1.48. The molecule has 0 fully saturated rings. The highest BCUT2D eigenvalue weighted by molar-refractivity contribution is 9.10. The molecule has 0 radical (unpaired) electrons. The molecular formula is C23H21BrN2O4S. The van der Waals surface area contributed by atoms with Crippen molar-refractivity contribution in [2.75, 3.05) is 24.0 Å². The second kappa shape index (κ2) is 8.72. The monoisotopic (exact) mass is 500 g/mol. The number of hydrogen-bond acceptors (Lipinski definition) is 4. The number of carbonyl (C=O) groups is 1. The van der Waals surface area contributed by atoms with Crippen LogP contribution >= 0.6 is 15.9 Å². The Labute approximate surface area is 190 Å². The minimum Gasteiger partial charge on any atom is -0.492 e. The molecule has 31 heavy (non-hydrogen) atoms. The van der Waals surface area contributed by atoms with E-state index in [-0.39, 0.29) is 24.6 Å². The molecule has 0 saturated carbocycles. The van der Waals surface area contributed by atoms with Gasteiger partial charge < -0.3 is 10.1 Å². The lowest BCUT2D eigenvalue weighted by molar-refractivity contribution is -0.119. The van der Waals surface area contributed by atoms with Gasteiger partial charge in [0, 0.05) is 15.6 Å². The van der Waals surface area contributed by atoms with E-state index in [1.807, 2.05) is 37.3 Å². The van der Waals surface area contributed by atoms with E-state index in [0.717, 1.165) is 25.7 Å². The molecule has 0 spiro atoms. The first kappa shape index (κ1) is 21.4. The van der Waals surface area contributed by atoms with Gasteiger partial charge >= 0.3 is 0 Å². The molecule has 3 aromatic rings. The minimum absolute atomic E-state index is 0.191. The number of sulfonamides is 1. The summed E-state index contributed by atoms with van der Waals surface area (Å²) < 4.78 is 34.1. The molecule has 0 aromatic heterocycles. The molecule has 1 aliphatic heterocycles. The van der Waals surface area contributed by atoms with E-state index in [9.17, 15) is 13.2 Å². The van der Waals surface area contributed by atoms with Crippen molar-refractivity contribution >= 4 is 37.5 Å². The lowest BCUT2D eigenvalue weighted by atomic mass is 10.0. The third-order valence-corrected chi connectivity index (χ3v) is 7.25. The van der Waals surface area contributed by atoms with Crippen molar-refractivity contribution < 1.29 is 17.9 Å². The Morgan fingerprint density at radius 3 is 2.65 bits per heavy atom. The van der Waals surface area contributed by atoms with Gasteiger partial charge in [0.25, 0.3) is 10.0 Å².